The quantitative estimate of drug-likeness (QED) is 0.171. The molecule has 7 heteroatoms. The van der Waals surface area contributed by atoms with Crippen LogP contribution >= 0.6 is 0 Å². The molecule has 0 heterocycles. The van der Waals surface area contributed by atoms with E-state index in [0.29, 0.717) is 50.3 Å². The van der Waals surface area contributed by atoms with Crippen LogP contribution in [0.25, 0.3) is 0 Å². The van der Waals surface area contributed by atoms with Gasteiger partial charge in [-0.3, -0.25) is 0 Å². The van der Waals surface area contributed by atoms with Gasteiger partial charge in [0.15, 0.2) is 0 Å². The summed E-state index contributed by atoms with van der Waals surface area (Å²) in [6, 6.07) is 0. The molecule has 0 unspecified atom stereocenters. The van der Waals surface area contributed by atoms with Crippen molar-refractivity contribution < 1.29 is 19.0 Å². The van der Waals surface area contributed by atoms with Crippen molar-refractivity contribution in [3.8, 4) is 0 Å². The summed E-state index contributed by atoms with van der Waals surface area (Å²) >= 11 is 0. The lowest BCUT2D eigenvalue weighted by Crippen LogP contribution is -2.51. The first-order valence-electron chi connectivity index (χ1n) is 16.8. The predicted molar refractivity (Wildman–Crippen MR) is 167 cm³/mol. The molecule has 4 aliphatic carbocycles. The van der Waals surface area contributed by atoms with E-state index in [4.69, 9.17) is 31.4 Å². The van der Waals surface area contributed by atoms with Crippen LogP contribution < -0.4 is 17.2 Å². The fourth-order valence-corrected chi connectivity index (χ4v) is 9.41. The smallest absolute Gasteiger partial charge is 0.404 e. The van der Waals surface area contributed by atoms with Crippen molar-refractivity contribution in [1.29, 1.82) is 0 Å². The first-order valence-corrected chi connectivity index (χ1v) is 16.8. The third kappa shape index (κ3) is 8.70. The number of amides is 1. The van der Waals surface area contributed by atoms with Crippen molar-refractivity contribution >= 4 is 6.09 Å². The number of carbonyl (C=O) groups is 1. The molecule has 0 bridgehead atoms. The van der Waals surface area contributed by atoms with Gasteiger partial charge in [-0.2, -0.15) is 0 Å². The molecule has 7 nitrogen and oxygen atoms in total. The van der Waals surface area contributed by atoms with Crippen LogP contribution in [0.3, 0.4) is 0 Å². The lowest BCUT2D eigenvalue weighted by atomic mass is 9.47. The molecule has 1 amide bonds. The summed E-state index contributed by atoms with van der Waals surface area (Å²) < 4.78 is 15.5. The van der Waals surface area contributed by atoms with Crippen LogP contribution in [-0.2, 0) is 14.2 Å². The predicted octanol–water partition coefficient (Wildman–Crippen LogP) is 6.43. The van der Waals surface area contributed by atoms with E-state index in [-0.39, 0.29) is 6.10 Å². The maximum atomic E-state index is 11.3. The summed E-state index contributed by atoms with van der Waals surface area (Å²) in [5.41, 5.74) is 18.1. The number of rotatable bonds is 13. The highest BCUT2D eigenvalue weighted by atomic mass is 16.6. The SMILES string of the molecule is CC(C)CCC[C@@H](C)[C@H]1CC[C@H]2[C@@H]3CC=C4C[C@@H](OC(N)=O)CC[C@]4(C)[C@H]3CC[C@]12C.NCCOCCOCCN. The Morgan fingerprint density at radius 1 is 0.927 bits per heavy atom. The minimum absolute atomic E-state index is 0.00946. The Morgan fingerprint density at radius 3 is 2.22 bits per heavy atom. The second-order valence-corrected chi connectivity index (χ2v) is 14.4. The fraction of sp³-hybridized carbons (Fsp3) is 0.912. The third-order valence-corrected chi connectivity index (χ3v) is 11.4. The average molecular weight is 578 g/mol. The summed E-state index contributed by atoms with van der Waals surface area (Å²) in [5, 5.41) is 0. The maximum Gasteiger partial charge on any atom is 0.404 e. The van der Waals surface area contributed by atoms with Gasteiger partial charge in [-0.15, -0.1) is 0 Å². The van der Waals surface area contributed by atoms with Crippen LogP contribution in [0.2, 0.25) is 0 Å². The Balaban J connectivity index is 0.000000397. The Labute approximate surface area is 251 Å². The van der Waals surface area contributed by atoms with Gasteiger partial charge in [-0.1, -0.05) is 65.5 Å². The second-order valence-electron chi connectivity index (χ2n) is 14.4. The average Bonchev–Trinajstić information content (AvgIpc) is 3.28. The maximum absolute atomic E-state index is 11.3. The molecule has 0 aromatic rings. The molecule has 0 aromatic heterocycles. The molecule has 3 fully saturated rings. The van der Waals surface area contributed by atoms with Crippen molar-refractivity contribution in [2.45, 2.75) is 111 Å². The Hall–Kier alpha value is -1.15. The van der Waals surface area contributed by atoms with Crippen molar-refractivity contribution in [1.82, 2.24) is 0 Å². The van der Waals surface area contributed by atoms with Crippen LogP contribution in [0.5, 0.6) is 0 Å². The largest absolute Gasteiger partial charge is 0.446 e. The zero-order valence-corrected chi connectivity index (χ0v) is 27.0. The number of primary amides is 1. The molecule has 0 radical (unpaired) electrons. The van der Waals surface area contributed by atoms with Gasteiger partial charge in [0.2, 0.25) is 0 Å². The fourth-order valence-electron chi connectivity index (χ4n) is 9.41. The minimum Gasteiger partial charge on any atom is -0.446 e. The van der Waals surface area contributed by atoms with Gasteiger partial charge in [0.25, 0.3) is 0 Å². The highest BCUT2D eigenvalue weighted by Crippen LogP contribution is 2.67. The van der Waals surface area contributed by atoms with Crippen LogP contribution in [0.4, 0.5) is 4.79 Å². The van der Waals surface area contributed by atoms with E-state index in [1.807, 2.05) is 0 Å². The van der Waals surface area contributed by atoms with Crippen molar-refractivity contribution in [3.63, 3.8) is 0 Å². The van der Waals surface area contributed by atoms with E-state index in [0.717, 1.165) is 54.8 Å². The Morgan fingerprint density at radius 2 is 1.61 bits per heavy atom. The third-order valence-electron chi connectivity index (χ3n) is 11.4. The number of hydrogen-bond acceptors (Lipinski definition) is 6. The number of ether oxygens (including phenoxy) is 3. The zero-order valence-electron chi connectivity index (χ0n) is 27.0. The Bertz CT molecular complexity index is 827. The first-order chi connectivity index (χ1) is 19.6. The lowest BCUT2D eigenvalue weighted by molar-refractivity contribution is -0.0578. The van der Waals surface area contributed by atoms with Crippen molar-refractivity contribution in [2.75, 3.05) is 39.5 Å². The van der Waals surface area contributed by atoms with Crippen LogP contribution in [-0.4, -0.2) is 51.7 Å². The van der Waals surface area contributed by atoms with E-state index in [1.165, 1.54) is 51.4 Å². The number of carbonyl (C=O) groups excluding carboxylic acids is 1. The van der Waals surface area contributed by atoms with Gasteiger partial charge in [0.1, 0.15) is 6.10 Å². The number of hydrogen-bond donors (Lipinski definition) is 3. The van der Waals surface area contributed by atoms with Crippen molar-refractivity contribution in [2.24, 2.45) is 63.5 Å². The second kappa shape index (κ2) is 16.1. The molecule has 4 aliphatic rings. The summed E-state index contributed by atoms with van der Waals surface area (Å²) in [5.74, 6) is 5.20. The summed E-state index contributed by atoms with van der Waals surface area (Å²) in [4.78, 5) is 11.3. The number of nitrogens with two attached hydrogens (primary N) is 3. The van der Waals surface area contributed by atoms with Gasteiger partial charge < -0.3 is 31.4 Å². The van der Waals surface area contributed by atoms with E-state index in [1.54, 1.807) is 5.57 Å². The molecule has 238 valence electrons. The summed E-state index contributed by atoms with van der Waals surface area (Å²) in [7, 11) is 0. The molecule has 8 atom stereocenters. The first kappa shape index (κ1) is 34.3. The standard InChI is InChI=1S/C28H47NO2.C6H16N2O2/c1-18(2)7-6-8-19(3)23-11-12-24-22-10-9-20-17-21(31-26(29)30)13-15-27(20,4)25(22)14-16-28(23,24)5;7-1-3-9-5-6-10-4-2-8/h9,18-19,21-25H,6-8,10-17H2,1-5H3,(H2,29,30);1-8H2/t19-,21+,22+,23-,24+,25+,27+,28-;/m1./s1. The highest BCUT2D eigenvalue weighted by Gasteiger charge is 2.59. The van der Waals surface area contributed by atoms with E-state index >= 15 is 0 Å². The Kier molecular flexibility index (Phi) is 13.5. The highest BCUT2D eigenvalue weighted by molar-refractivity contribution is 5.64. The van der Waals surface area contributed by atoms with Gasteiger partial charge in [0.05, 0.1) is 26.4 Å². The molecular weight excluding hydrogens is 514 g/mol. The van der Waals surface area contributed by atoms with E-state index in [2.05, 4.69) is 40.7 Å². The topological polar surface area (TPSA) is 123 Å². The lowest BCUT2D eigenvalue weighted by Gasteiger charge is -2.58. The molecule has 4 rings (SSSR count). The molecule has 41 heavy (non-hydrogen) atoms. The molecule has 0 aromatic carbocycles. The molecule has 3 saturated carbocycles. The van der Waals surface area contributed by atoms with Crippen LogP contribution in [0.1, 0.15) is 105 Å². The van der Waals surface area contributed by atoms with Gasteiger partial charge >= 0.3 is 6.09 Å². The monoisotopic (exact) mass is 577 g/mol. The normalized spacial score (nSPS) is 34.9. The summed E-state index contributed by atoms with van der Waals surface area (Å²) in [6.07, 6.45) is 16.1. The number of allylic oxidation sites excluding steroid dienone is 1. The molecule has 0 spiro atoms. The number of fused-ring (bicyclic) bond motifs is 5. The molecule has 6 N–H and O–H groups in total. The van der Waals surface area contributed by atoms with Gasteiger partial charge in [0, 0.05) is 19.5 Å². The van der Waals surface area contributed by atoms with Crippen molar-refractivity contribution in [3.05, 3.63) is 11.6 Å². The molecular formula is C34H63N3O4. The van der Waals surface area contributed by atoms with Crippen LogP contribution in [0, 0.1) is 46.3 Å². The minimum atomic E-state index is -0.615. The molecule has 0 aliphatic heterocycles. The zero-order chi connectivity index (χ0) is 30.0. The van der Waals surface area contributed by atoms with Gasteiger partial charge in [-0.25, -0.2) is 4.79 Å². The van der Waals surface area contributed by atoms with Gasteiger partial charge in [-0.05, 0) is 91.3 Å². The van der Waals surface area contributed by atoms with E-state index in [9.17, 15) is 4.79 Å². The van der Waals surface area contributed by atoms with Crippen LogP contribution in [0.15, 0.2) is 11.6 Å². The molecule has 0 saturated heterocycles. The summed E-state index contributed by atoms with van der Waals surface area (Å²) in [6.45, 7) is 16.0. The van der Waals surface area contributed by atoms with E-state index < -0.39 is 6.09 Å².